The molecule has 1 heterocycles. The summed E-state index contributed by atoms with van der Waals surface area (Å²) in [7, 11) is 0. The summed E-state index contributed by atoms with van der Waals surface area (Å²) in [5, 5.41) is 0.458. The van der Waals surface area contributed by atoms with Gasteiger partial charge in [-0.05, 0) is 42.8 Å². The van der Waals surface area contributed by atoms with E-state index in [4.69, 9.17) is 4.74 Å². The van der Waals surface area contributed by atoms with Crippen LogP contribution >= 0.6 is 11.8 Å². The van der Waals surface area contributed by atoms with E-state index in [0.29, 0.717) is 28.7 Å². The average molecular weight is 418 g/mol. The van der Waals surface area contributed by atoms with Crippen molar-refractivity contribution in [3.05, 3.63) is 90.0 Å². The first kappa shape index (κ1) is 20.2. The third-order valence-electron chi connectivity index (χ3n) is 5.06. The molecule has 0 saturated heterocycles. The number of ether oxygens (including phenoxy) is 1. The minimum absolute atomic E-state index is 0.0361. The molecule has 1 aliphatic heterocycles. The smallest absolute Gasteiger partial charge is 0.264 e. The van der Waals surface area contributed by atoms with Crippen LogP contribution in [0.5, 0.6) is 5.75 Å². The molecular weight excluding hydrogens is 394 g/mol. The lowest BCUT2D eigenvalue weighted by atomic mass is 10.0. The molecule has 4 rings (SSSR count). The Morgan fingerprint density at radius 3 is 2.37 bits per heavy atom. The molecule has 0 bridgehead atoms. The maximum absolute atomic E-state index is 12.9. The summed E-state index contributed by atoms with van der Waals surface area (Å²) in [6.45, 7) is 2.82. The Morgan fingerprint density at radius 2 is 1.60 bits per heavy atom. The largest absolute Gasteiger partial charge is 0.484 e. The predicted octanol–water partition coefficient (Wildman–Crippen LogP) is 5.21. The number of benzene rings is 3. The number of ketones is 1. The monoisotopic (exact) mass is 417 g/mol. The van der Waals surface area contributed by atoms with Crippen LogP contribution in [0.2, 0.25) is 0 Å². The maximum Gasteiger partial charge on any atom is 0.264 e. The molecule has 0 fully saturated rings. The summed E-state index contributed by atoms with van der Waals surface area (Å²) in [6.07, 6.45) is 0.932. The van der Waals surface area contributed by atoms with E-state index < -0.39 is 0 Å². The van der Waals surface area contributed by atoms with Gasteiger partial charge in [-0.2, -0.15) is 0 Å². The highest BCUT2D eigenvalue weighted by atomic mass is 32.2. The number of anilines is 1. The minimum atomic E-state index is -0.0680. The van der Waals surface area contributed by atoms with Crippen molar-refractivity contribution in [3.8, 4) is 5.75 Å². The van der Waals surface area contributed by atoms with Crippen LogP contribution in [0.1, 0.15) is 29.3 Å². The van der Waals surface area contributed by atoms with Gasteiger partial charge in [0.05, 0.1) is 5.69 Å². The molecule has 152 valence electrons. The lowest BCUT2D eigenvalue weighted by molar-refractivity contribution is -0.120. The Balaban J connectivity index is 1.41. The van der Waals surface area contributed by atoms with Gasteiger partial charge in [-0.3, -0.25) is 9.59 Å². The fourth-order valence-corrected chi connectivity index (χ4v) is 4.54. The number of fused-ring (bicyclic) bond motifs is 1. The summed E-state index contributed by atoms with van der Waals surface area (Å²) >= 11 is 1.80. The molecule has 1 atom stereocenters. The highest BCUT2D eigenvalue weighted by molar-refractivity contribution is 8.00. The fourth-order valence-electron chi connectivity index (χ4n) is 3.43. The van der Waals surface area contributed by atoms with Crippen molar-refractivity contribution in [2.75, 3.05) is 18.1 Å². The van der Waals surface area contributed by atoms with Gasteiger partial charge in [-0.1, -0.05) is 49.4 Å². The fraction of sp³-hybridized carbons (Fsp3) is 0.200. The first-order chi connectivity index (χ1) is 14.6. The summed E-state index contributed by atoms with van der Waals surface area (Å²) in [5.74, 6) is 0.464. The van der Waals surface area contributed by atoms with Gasteiger partial charge in [-0.15, -0.1) is 11.8 Å². The van der Waals surface area contributed by atoms with Crippen LogP contribution in [0.4, 0.5) is 5.69 Å². The van der Waals surface area contributed by atoms with Crippen molar-refractivity contribution in [2.45, 2.75) is 23.5 Å². The van der Waals surface area contributed by atoms with Crippen LogP contribution in [0.3, 0.4) is 0 Å². The van der Waals surface area contributed by atoms with Crippen LogP contribution in [0.15, 0.2) is 83.8 Å². The lowest BCUT2D eigenvalue weighted by Gasteiger charge is -2.22. The van der Waals surface area contributed by atoms with Crippen molar-refractivity contribution in [1.29, 1.82) is 0 Å². The summed E-state index contributed by atoms with van der Waals surface area (Å²) in [5.41, 5.74) is 2.19. The molecule has 3 aromatic carbocycles. The van der Waals surface area contributed by atoms with Gasteiger partial charge in [0.15, 0.2) is 12.4 Å². The standard InChI is InChI=1S/C25H23NO3S/c1-18-15-16-26(22-9-5-6-10-23(22)30-18)24(27)17-29-21-13-11-20(12-14-21)25(28)19-7-3-2-4-8-19/h2-14,18H,15-17H2,1H3/t18-/m0/s1. The maximum atomic E-state index is 12.9. The van der Waals surface area contributed by atoms with Gasteiger partial charge < -0.3 is 9.64 Å². The van der Waals surface area contributed by atoms with E-state index in [0.717, 1.165) is 17.0 Å². The molecule has 1 aliphatic rings. The number of hydrogen-bond donors (Lipinski definition) is 0. The van der Waals surface area contributed by atoms with Crippen LogP contribution < -0.4 is 9.64 Å². The molecule has 0 radical (unpaired) electrons. The Labute approximate surface area is 180 Å². The number of rotatable bonds is 5. The lowest BCUT2D eigenvalue weighted by Crippen LogP contribution is -2.36. The van der Waals surface area contributed by atoms with Crippen molar-refractivity contribution >= 4 is 29.1 Å². The van der Waals surface area contributed by atoms with E-state index in [1.807, 2.05) is 41.3 Å². The van der Waals surface area contributed by atoms with Gasteiger partial charge in [-0.25, -0.2) is 0 Å². The zero-order valence-corrected chi connectivity index (χ0v) is 17.6. The highest BCUT2D eigenvalue weighted by Crippen LogP contribution is 2.37. The van der Waals surface area contributed by atoms with Crippen molar-refractivity contribution < 1.29 is 14.3 Å². The zero-order valence-electron chi connectivity index (χ0n) is 16.8. The second kappa shape index (κ2) is 9.18. The van der Waals surface area contributed by atoms with Crippen molar-refractivity contribution in [1.82, 2.24) is 0 Å². The number of amides is 1. The number of carbonyl (C=O) groups is 2. The van der Waals surface area contributed by atoms with E-state index in [2.05, 4.69) is 13.0 Å². The van der Waals surface area contributed by atoms with Gasteiger partial charge in [0.1, 0.15) is 5.75 Å². The molecule has 5 heteroatoms. The molecule has 0 aliphatic carbocycles. The Bertz CT molecular complexity index is 1030. The summed E-state index contributed by atoms with van der Waals surface area (Å²) in [4.78, 5) is 28.3. The second-order valence-electron chi connectivity index (χ2n) is 7.24. The number of carbonyl (C=O) groups excluding carboxylic acids is 2. The van der Waals surface area contributed by atoms with Crippen molar-refractivity contribution in [3.63, 3.8) is 0 Å². The van der Waals surface area contributed by atoms with E-state index in [-0.39, 0.29) is 18.3 Å². The quantitative estimate of drug-likeness (QED) is 0.535. The molecule has 0 spiro atoms. The molecule has 0 unspecified atom stereocenters. The van der Waals surface area contributed by atoms with Crippen LogP contribution in [0.25, 0.3) is 0 Å². The van der Waals surface area contributed by atoms with Crippen LogP contribution in [0, 0.1) is 0 Å². The van der Waals surface area contributed by atoms with Gasteiger partial charge in [0.2, 0.25) is 0 Å². The molecule has 3 aromatic rings. The molecule has 0 N–H and O–H groups in total. The van der Waals surface area contributed by atoms with Crippen LogP contribution in [-0.4, -0.2) is 30.1 Å². The first-order valence-corrected chi connectivity index (χ1v) is 10.9. The Kier molecular flexibility index (Phi) is 6.19. The highest BCUT2D eigenvalue weighted by Gasteiger charge is 2.24. The molecule has 0 aromatic heterocycles. The number of para-hydroxylation sites is 1. The number of hydrogen-bond acceptors (Lipinski definition) is 4. The molecule has 1 amide bonds. The normalized spacial score (nSPS) is 15.8. The predicted molar refractivity (Wildman–Crippen MR) is 121 cm³/mol. The third kappa shape index (κ3) is 4.57. The van der Waals surface area contributed by atoms with Crippen molar-refractivity contribution in [2.24, 2.45) is 0 Å². The molecule has 4 nitrogen and oxygen atoms in total. The molecule has 0 saturated carbocycles. The minimum Gasteiger partial charge on any atom is -0.484 e. The Morgan fingerprint density at radius 1 is 0.933 bits per heavy atom. The van der Waals surface area contributed by atoms with E-state index in [1.54, 1.807) is 48.2 Å². The van der Waals surface area contributed by atoms with Crippen LogP contribution in [-0.2, 0) is 4.79 Å². The van der Waals surface area contributed by atoms with E-state index in [9.17, 15) is 9.59 Å². The summed E-state index contributed by atoms with van der Waals surface area (Å²) < 4.78 is 5.73. The van der Waals surface area contributed by atoms with Gasteiger partial charge >= 0.3 is 0 Å². The van der Waals surface area contributed by atoms with Gasteiger partial charge in [0, 0.05) is 27.8 Å². The number of nitrogens with zero attached hydrogens (tertiary/aromatic N) is 1. The SMILES string of the molecule is C[C@H]1CCN(C(=O)COc2ccc(C(=O)c3ccccc3)cc2)c2ccccc2S1. The molecular formula is C25H23NO3S. The zero-order chi connectivity index (χ0) is 20.9. The van der Waals surface area contributed by atoms with Gasteiger partial charge in [0.25, 0.3) is 5.91 Å². The second-order valence-corrected chi connectivity index (χ2v) is 8.72. The van der Waals surface area contributed by atoms with E-state index in [1.165, 1.54) is 0 Å². The van der Waals surface area contributed by atoms with E-state index >= 15 is 0 Å². The average Bonchev–Trinajstić information content (AvgIpc) is 2.96. The third-order valence-corrected chi connectivity index (χ3v) is 6.30. The summed E-state index contributed by atoms with van der Waals surface area (Å²) in [6, 6.07) is 24.1. The Hall–Kier alpha value is -3.05. The topological polar surface area (TPSA) is 46.6 Å². The number of thioether (sulfide) groups is 1. The molecule has 30 heavy (non-hydrogen) atoms. The first-order valence-electron chi connectivity index (χ1n) is 10.0.